The number of anilines is 1. The summed E-state index contributed by atoms with van der Waals surface area (Å²) in [5.41, 5.74) is 2.52. The maximum atomic E-state index is 12.0. The van der Waals surface area contributed by atoms with Gasteiger partial charge >= 0.3 is 0 Å². The SMILES string of the molecule is Cc1ccc(C(=O)Nc2cc(CO)ccc2C)s1. The molecule has 0 bridgehead atoms. The van der Waals surface area contributed by atoms with Crippen molar-refractivity contribution in [3.63, 3.8) is 0 Å². The van der Waals surface area contributed by atoms with E-state index in [1.54, 1.807) is 6.07 Å². The van der Waals surface area contributed by atoms with Crippen molar-refractivity contribution in [1.29, 1.82) is 0 Å². The van der Waals surface area contributed by atoms with Crippen molar-refractivity contribution in [3.8, 4) is 0 Å². The van der Waals surface area contributed by atoms with Crippen molar-refractivity contribution < 1.29 is 9.90 Å². The second kappa shape index (κ2) is 5.33. The number of aryl methyl sites for hydroxylation is 2. The van der Waals surface area contributed by atoms with E-state index in [1.165, 1.54) is 11.3 Å². The summed E-state index contributed by atoms with van der Waals surface area (Å²) in [6.07, 6.45) is 0. The molecule has 0 spiro atoms. The molecule has 1 heterocycles. The number of aliphatic hydroxyl groups is 1. The van der Waals surface area contributed by atoms with E-state index in [4.69, 9.17) is 5.11 Å². The smallest absolute Gasteiger partial charge is 0.265 e. The van der Waals surface area contributed by atoms with E-state index >= 15 is 0 Å². The maximum Gasteiger partial charge on any atom is 0.265 e. The molecule has 2 N–H and O–H groups in total. The van der Waals surface area contributed by atoms with Crippen molar-refractivity contribution in [3.05, 3.63) is 51.2 Å². The molecule has 0 saturated carbocycles. The molecule has 0 aliphatic heterocycles. The number of amides is 1. The highest BCUT2D eigenvalue weighted by molar-refractivity contribution is 7.14. The summed E-state index contributed by atoms with van der Waals surface area (Å²) < 4.78 is 0. The quantitative estimate of drug-likeness (QED) is 0.892. The van der Waals surface area contributed by atoms with E-state index in [1.807, 2.05) is 38.1 Å². The Hall–Kier alpha value is -1.65. The zero-order chi connectivity index (χ0) is 13.1. The zero-order valence-corrected chi connectivity index (χ0v) is 11.2. The van der Waals surface area contributed by atoms with Gasteiger partial charge in [-0.1, -0.05) is 12.1 Å². The van der Waals surface area contributed by atoms with E-state index in [-0.39, 0.29) is 12.5 Å². The predicted octanol–water partition coefficient (Wildman–Crippen LogP) is 3.11. The molecule has 2 rings (SSSR count). The summed E-state index contributed by atoms with van der Waals surface area (Å²) in [6, 6.07) is 9.28. The van der Waals surface area contributed by atoms with Gasteiger partial charge < -0.3 is 10.4 Å². The topological polar surface area (TPSA) is 49.3 Å². The number of carbonyl (C=O) groups is 1. The Morgan fingerprint density at radius 2 is 2.06 bits per heavy atom. The molecular weight excluding hydrogens is 246 g/mol. The molecule has 0 radical (unpaired) electrons. The maximum absolute atomic E-state index is 12.0. The lowest BCUT2D eigenvalue weighted by atomic mass is 10.1. The number of aliphatic hydroxyl groups excluding tert-OH is 1. The first-order valence-electron chi connectivity index (χ1n) is 5.68. The first-order valence-corrected chi connectivity index (χ1v) is 6.50. The van der Waals surface area contributed by atoms with Crippen LogP contribution in [0.15, 0.2) is 30.3 Å². The molecule has 0 unspecified atom stereocenters. The van der Waals surface area contributed by atoms with E-state index in [9.17, 15) is 4.79 Å². The van der Waals surface area contributed by atoms with Crippen LogP contribution < -0.4 is 5.32 Å². The first kappa shape index (κ1) is 12.8. The third-order valence-corrected chi connectivity index (χ3v) is 3.70. The second-order valence-corrected chi connectivity index (χ2v) is 5.46. The highest BCUT2D eigenvalue weighted by Crippen LogP contribution is 2.20. The molecule has 0 aliphatic rings. The Bertz CT molecular complexity index is 575. The number of carbonyl (C=O) groups excluding carboxylic acids is 1. The van der Waals surface area contributed by atoms with Gasteiger partial charge in [0.25, 0.3) is 5.91 Å². The lowest BCUT2D eigenvalue weighted by molar-refractivity contribution is 0.103. The van der Waals surface area contributed by atoms with E-state index in [0.29, 0.717) is 4.88 Å². The summed E-state index contributed by atoms with van der Waals surface area (Å²) in [4.78, 5) is 13.8. The number of nitrogens with one attached hydrogen (secondary N) is 1. The molecule has 0 aliphatic carbocycles. The van der Waals surface area contributed by atoms with Crippen LogP contribution in [0.1, 0.15) is 25.7 Å². The average Bonchev–Trinajstić information content (AvgIpc) is 2.79. The van der Waals surface area contributed by atoms with Crippen LogP contribution in [0.3, 0.4) is 0 Å². The fourth-order valence-corrected chi connectivity index (χ4v) is 2.41. The van der Waals surface area contributed by atoms with Crippen LogP contribution in [0.4, 0.5) is 5.69 Å². The molecule has 0 atom stereocenters. The predicted molar refractivity (Wildman–Crippen MR) is 74.1 cm³/mol. The Kier molecular flexibility index (Phi) is 3.79. The number of rotatable bonds is 3. The third kappa shape index (κ3) is 2.78. The number of thiophene rings is 1. The van der Waals surface area contributed by atoms with Crippen molar-refractivity contribution in [2.45, 2.75) is 20.5 Å². The van der Waals surface area contributed by atoms with Gasteiger partial charge in [0, 0.05) is 10.6 Å². The average molecular weight is 261 g/mol. The van der Waals surface area contributed by atoms with Crippen LogP contribution >= 0.6 is 11.3 Å². The molecule has 1 aromatic carbocycles. The molecule has 0 fully saturated rings. The van der Waals surface area contributed by atoms with Crippen LogP contribution in [0.5, 0.6) is 0 Å². The van der Waals surface area contributed by atoms with Crippen molar-refractivity contribution in [1.82, 2.24) is 0 Å². The van der Waals surface area contributed by atoms with Gasteiger partial charge in [0.1, 0.15) is 0 Å². The highest BCUT2D eigenvalue weighted by Gasteiger charge is 2.10. The van der Waals surface area contributed by atoms with Gasteiger partial charge in [-0.3, -0.25) is 4.79 Å². The molecule has 3 nitrogen and oxygen atoms in total. The zero-order valence-electron chi connectivity index (χ0n) is 10.4. The van der Waals surface area contributed by atoms with Gasteiger partial charge in [-0.25, -0.2) is 0 Å². The molecule has 2 aromatic rings. The van der Waals surface area contributed by atoms with Gasteiger partial charge in [0.05, 0.1) is 11.5 Å². The van der Waals surface area contributed by atoms with Gasteiger partial charge in [-0.05, 0) is 43.2 Å². The van der Waals surface area contributed by atoms with Crippen molar-refractivity contribution >= 4 is 22.9 Å². The van der Waals surface area contributed by atoms with E-state index in [2.05, 4.69) is 5.32 Å². The Morgan fingerprint density at radius 1 is 1.28 bits per heavy atom. The highest BCUT2D eigenvalue weighted by atomic mass is 32.1. The molecule has 4 heteroatoms. The molecule has 1 aromatic heterocycles. The van der Waals surface area contributed by atoms with Gasteiger partial charge in [0.2, 0.25) is 0 Å². The summed E-state index contributed by atoms with van der Waals surface area (Å²) in [6.45, 7) is 3.87. The fourth-order valence-electron chi connectivity index (χ4n) is 1.64. The van der Waals surface area contributed by atoms with E-state index < -0.39 is 0 Å². The van der Waals surface area contributed by atoms with Crippen LogP contribution in [0, 0.1) is 13.8 Å². The van der Waals surface area contributed by atoms with Crippen LogP contribution in [0.2, 0.25) is 0 Å². The Labute approximate surface area is 110 Å². The molecule has 1 amide bonds. The summed E-state index contributed by atoms with van der Waals surface area (Å²) in [5.74, 6) is -0.105. The molecule has 0 saturated heterocycles. The molecule has 18 heavy (non-hydrogen) atoms. The fraction of sp³-hybridized carbons (Fsp3) is 0.214. The molecular formula is C14H15NO2S. The van der Waals surface area contributed by atoms with E-state index in [0.717, 1.165) is 21.7 Å². The Balaban J connectivity index is 2.21. The van der Waals surface area contributed by atoms with Gasteiger partial charge in [-0.15, -0.1) is 11.3 Å². The largest absolute Gasteiger partial charge is 0.392 e. The van der Waals surface area contributed by atoms with Gasteiger partial charge in [0.15, 0.2) is 0 Å². The van der Waals surface area contributed by atoms with Crippen LogP contribution in [-0.4, -0.2) is 11.0 Å². The first-order chi connectivity index (χ1) is 8.60. The van der Waals surface area contributed by atoms with Crippen molar-refractivity contribution in [2.75, 3.05) is 5.32 Å². The second-order valence-electron chi connectivity index (χ2n) is 4.17. The van der Waals surface area contributed by atoms with Crippen LogP contribution in [-0.2, 0) is 6.61 Å². The lowest BCUT2D eigenvalue weighted by Crippen LogP contribution is -2.11. The number of hydrogen-bond acceptors (Lipinski definition) is 3. The Morgan fingerprint density at radius 3 is 2.67 bits per heavy atom. The summed E-state index contributed by atoms with van der Waals surface area (Å²) in [7, 11) is 0. The van der Waals surface area contributed by atoms with Crippen LogP contribution in [0.25, 0.3) is 0 Å². The van der Waals surface area contributed by atoms with Crippen molar-refractivity contribution in [2.24, 2.45) is 0 Å². The normalized spacial score (nSPS) is 10.4. The summed E-state index contributed by atoms with van der Waals surface area (Å²) in [5, 5.41) is 12.0. The molecule has 94 valence electrons. The summed E-state index contributed by atoms with van der Waals surface area (Å²) >= 11 is 1.47. The number of hydrogen-bond donors (Lipinski definition) is 2. The number of benzene rings is 1. The van der Waals surface area contributed by atoms with Gasteiger partial charge in [-0.2, -0.15) is 0 Å². The minimum absolute atomic E-state index is 0.0265. The minimum Gasteiger partial charge on any atom is -0.392 e. The standard InChI is InChI=1S/C14H15NO2S/c1-9-3-5-11(8-16)7-12(9)15-14(17)13-6-4-10(2)18-13/h3-7,16H,8H2,1-2H3,(H,15,17). The third-order valence-electron chi connectivity index (χ3n) is 2.70. The lowest BCUT2D eigenvalue weighted by Gasteiger charge is -2.09. The monoisotopic (exact) mass is 261 g/mol. The minimum atomic E-state index is -0.105.